The van der Waals surface area contributed by atoms with Crippen LogP contribution < -0.4 is 10.6 Å². The van der Waals surface area contributed by atoms with Gasteiger partial charge in [-0.3, -0.25) is 0 Å². The molecule has 0 fully saturated rings. The zero-order valence-corrected chi connectivity index (χ0v) is 10.8. The van der Waals surface area contributed by atoms with Crippen molar-refractivity contribution < 1.29 is 4.74 Å². The van der Waals surface area contributed by atoms with Crippen molar-refractivity contribution >= 4 is 23.0 Å². The Morgan fingerprint density at radius 1 is 1.50 bits per heavy atom. The van der Waals surface area contributed by atoms with Crippen LogP contribution >= 0.6 is 11.6 Å². The lowest BCUT2D eigenvalue weighted by atomic mass is 10.2. The van der Waals surface area contributed by atoms with Gasteiger partial charge in [0.05, 0.1) is 18.0 Å². The predicted molar refractivity (Wildman–Crippen MR) is 70.2 cm³/mol. The van der Waals surface area contributed by atoms with E-state index in [1.54, 1.807) is 13.2 Å². The van der Waals surface area contributed by atoms with E-state index in [1.165, 1.54) is 0 Å². The van der Waals surface area contributed by atoms with Crippen LogP contribution in [0.15, 0.2) is 18.2 Å². The topological polar surface area (TPSA) is 38.5 Å². The zero-order chi connectivity index (χ0) is 12.1. The van der Waals surface area contributed by atoms with Crippen LogP contribution in [0.5, 0.6) is 0 Å². The van der Waals surface area contributed by atoms with Gasteiger partial charge in [-0.2, -0.15) is 0 Å². The first kappa shape index (κ1) is 13.1. The molecule has 0 saturated carbocycles. The number of nitrogens with zero attached hydrogens (tertiary/aromatic N) is 1. The van der Waals surface area contributed by atoms with Gasteiger partial charge >= 0.3 is 0 Å². The first-order valence-electron chi connectivity index (χ1n) is 5.40. The lowest BCUT2D eigenvalue weighted by Crippen LogP contribution is -2.36. The van der Waals surface area contributed by atoms with Gasteiger partial charge in [0.25, 0.3) is 0 Å². The SMILES string of the molecule is CCN(c1cc(Cl)ccc1N)C(C)COC. The minimum absolute atomic E-state index is 0.274. The summed E-state index contributed by atoms with van der Waals surface area (Å²) in [5.74, 6) is 0. The number of benzene rings is 1. The van der Waals surface area contributed by atoms with Crippen LogP contribution in [-0.4, -0.2) is 26.3 Å². The second kappa shape index (κ2) is 5.97. The number of likely N-dealkylation sites (N-methyl/N-ethyl adjacent to an activating group) is 1. The molecule has 16 heavy (non-hydrogen) atoms. The predicted octanol–water partition coefficient (Wildman–Crippen LogP) is 2.78. The highest BCUT2D eigenvalue weighted by atomic mass is 35.5. The first-order chi connectivity index (χ1) is 7.60. The van der Waals surface area contributed by atoms with Gasteiger partial charge in [0.1, 0.15) is 0 Å². The summed E-state index contributed by atoms with van der Waals surface area (Å²) in [6, 6.07) is 5.80. The Bertz CT molecular complexity index is 344. The monoisotopic (exact) mass is 242 g/mol. The lowest BCUT2D eigenvalue weighted by Gasteiger charge is -2.30. The summed E-state index contributed by atoms with van der Waals surface area (Å²) in [5.41, 5.74) is 7.68. The summed E-state index contributed by atoms with van der Waals surface area (Å²) in [6.45, 7) is 5.73. The van der Waals surface area contributed by atoms with Crippen molar-refractivity contribution in [2.45, 2.75) is 19.9 Å². The molecule has 4 heteroatoms. The maximum Gasteiger partial charge on any atom is 0.0663 e. The standard InChI is InChI=1S/C12H19ClN2O/c1-4-15(9(2)8-16-3)12-7-10(13)5-6-11(12)14/h5-7,9H,4,8,14H2,1-3H3. The molecule has 0 spiro atoms. The third-order valence-electron chi connectivity index (χ3n) is 2.58. The zero-order valence-electron chi connectivity index (χ0n) is 10.0. The van der Waals surface area contributed by atoms with Crippen molar-refractivity contribution in [1.29, 1.82) is 0 Å². The van der Waals surface area contributed by atoms with Gasteiger partial charge in [0, 0.05) is 24.7 Å². The Morgan fingerprint density at radius 3 is 2.75 bits per heavy atom. The molecule has 0 aromatic heterocycles. The van der Waals surface area contributed by atoms with Crippen molar-refractivity contribution in [1.82, 2.24) is 0 Å². The van der Waals surface area contributed by atoms with Crippen molar-refractivity contribution in [2.75, 3.05) is 30.9 Å². The van der Waals surface area contributed by atoms with Gasteiger partial charge in [0.15, 0.2) is 0 Å². The maximum atomic E-state index is 5.99. The second-order valence-corrected chi connectivity index (χ2v) is 4.23. The molecule has 0 aliphatic carbocycles. The van der Waals surface area contributed by atoms with Gasteiger partial charge in [0.2, 0.25) is 0 Å². The molecule has 0 aliphatic rings. The van der Waals surface area contributed by atoms with Crippen molar-refractivity contribution in [3.05, 3.63) is 23.2 Å². The molecule has 3 nitrogen and oxygen atoms in total. The molecule has 0 bridgehead atoms. The Labute approximate surface area is 102 Å². The fourth-order valence-corrected chi connectivity index (χ4v) is 1.98. The molecule has 0 heterocycles. The molecular formula is C12H19ClN2O. The minimum atomic E-state index is 0.274. The van der Waals surface area contributed by atoms with E-state index >= 15 is 0 Å². The molecule has 0 aliphatic heterocycles. The number of hydrogen-bond acceptors (Lipinski definition) is 3. The van der Waals surface area contributed by atoms with Crippen molar-refractivity contribution in [3.63, 3.8) is 0 Å². The first-order valence-corrected chi connectivity index (χ1v) is 5.78. The quantitative estimate of drug-likeness (QED) is 0.807. The Balaban J connectivity index is 2.98. The van der Waals surface area contributed by atoms with Crippen molar-refractivity contribution in [3.8, 4) is 0 Å². The van der Waals surface area contributed by atoms with E-state index in [1.807, 2.05) is 12.1 Å². The maximum absolute atomic E-state index is 5.99. The minimum Gasteiger partial charge on any atom is -0.397 e. The highest BCUT2D eigenvalue weighted by molar-refractivity contribution is 6.31. The molecule has 0 saturated heterocycles. The molecule has 0 amide bonds. The number of halogens is 1. The number of ether oxygens (including phenoxy) is 1. The third kappa shape index (κ3) is 3.03. The van der Waals surface area contributed by atoms with Crippen LogP contribution in [-0.2, 0) is 4.74 Å². The molecule has 0 radical (unpaired) electrons. The van der Waals surface area contributed by atoms with Gasteiger partial charge in [-0.05, 0) is 32.0 Å². The summed E-state index contributed by atoms with van der Waals surface area (Å²) in [5, 5.41) is 0.701. The molecule has 1 unspecified atom stereocenters. The number of methoxy groups -OCH3 is 1. The van der Waals surface area contributed by atoms with Crippen LogP contribution in [0, 0.1) is 0 Å². The highest BCUT2D eigenvalue weighted by Gasteiger charge is 2.15. The van der Waals surface area contributed by atoms with Crippen LogP contribution in [0.25, 0.3) is 0 Å². The molecule has 1 atom stereocenters. The average Bonchev–Trinajstić information content (AvgIpc) is 2.24. The summed E-state index contributed by atoms with van der Waals surface area (Å²) in [7, 11) is 1.70. The number of anilines is 2. The van der Waals surface area contributed by atoms with Crippen LogP contribution in [0.4, 0.5) is 11.4 Å². The van der Waals surface area contributed by atoms with E-state index in [0.717, 1.165) is 17.9 Å². The fraction of sp³-hybridized carbons (Fsp3) is 0.500. The molecule has 90 valence electrons. The van der Waals surface area contributed by atoms with E-state index in [9.17, 15) is 0 Å². The van der Waals surface area contributed by atoms with Gasteiger partial charge < -0.3 is 15.4 Å². The number of hydrogen-bond donors (Lipinski definition) is 1. The Kier molecular flexibility index (Phi) is 4.90. The highest BCUT2D eigenvalue weighted by Crippen LogP contribution is 2.28. The van der Waals surface area contributed by atoms with Gasteiger partial charge in [-0.15, -0.1) is 0 Å². The van der Waals surface area contributed by atoms with Gasteiger partial charge in [-0.1, -0.05) is 11.6 Å². The van der Waals surface area contributed by atoms with Crippen LogP contribution in [0.1, 0.15) is 13.8 Å². The summed E-state index contributed by atoms with van der Waals surface area (Å²) < 4.78 is 5.16. The molecule has 2 N–H and O–H groups in total. The fourth-order valence-electron chi connectivity index (χ4n) is 1.82. The van der Waals surface area contributed by atoms with Crippen LogP contribution in [0.3, 0.4) is 0 Å². The lowest BCUT2D eigenvalue weighted by molar-refractivity contribution is 0.182. The summed E-state index contributed by atoms with van der Waals surface area (Å²) in [4.78, 5) is 2.19. The molecule has 1 aromatic carbocycles. The van der Waals surface area contributed by atoms with Crippen LogP contribution in [0.2, 0.25) is 5.02 Å². The number of rotatable bonds is 5. The summed E-state index contributed by atoms with van der Waals surface area (Å²) >= 11 is 5.99. The Morgan fingerprint density at radius 2 is 2.19 bits per heavy atom. The molecule has 1 rings (SSSR count). The van der Waals surface area contributed by atoms with E-state index in [0.29, 0.717) is 11.6 Å². The van der Waals surface area contributed by atoms with Crippen molar-refractivity contribution in [2.24, 2.45) is 0 Å². The van der Waals surface area contributed by atoms with Gasteiger partial charge in [-0.25, -0.2) is 0 Å². The smallest absolute Gasteiger partial charge is 0.0663 e. The molecular weight excluding hydrogens is 224 g/mol. The van der Waals surface area contributed by atoms with E-state index in [4.69, 9.17) is 22.1 Å². The number of nitrogens with two attached hydrogens (primary N) is 1. The largest absolute Gasteiger partial charge is 0.397 e. The summed E-state index contributed by atoms with van der Waals surface area (Å²) in [6.07, 6.45) is 0. The normalized spacial score (nSPS) is 12.5. The Hall–Kier alpha value is -0.930. The number of nitrogen functional groups attached to an aromatic ring is 1. The van der Waals surface area contributed by atoms with E-state index < -0.39 is 0 Å². The third-order valence-corrected chi connectivity index (χ3v) is 2.82. The second-order valence-electron chi connectivity index (χ2n) is 3.79. The van der Waals surface area contributed by atoms with E-state index in [2.05, 4.69) is 18.7 Å². The molecule has 1 aromatic rings. The van der Waals surface area contributed by atoms with E-state index in [-0.39, 0.29) is 6.04 Å². The average molecular weight is 243 g/mol.